The normalized spacial score (nSPS) is 15.1. The summed E-state index contributed by atoms with van der Waals surface area (Å²) in [6.07, 6.45) is 0. The first-order valence-corrected chi connectivity index (χ1v) is 12.8. The molecule has 5 rings (SSSR count). The van der Waals surface area contributed by atoms with E-state index in [0.29, 0.717) is 34.3 Å². The number of methoxy groups -OCH3 is 2. The standard InChI is InChI=1S/C28H24FN3O5S/c1-36-21-13-8-18(14-22(21)37-2)27-25-26(17-6-4-3-5-7-17)30-32(20-11-9-19(29)10-12-20)28(25)31(15-24(34)35)23(33)16-38-27/h3-14,27H,15-16H2,1-2H3,(H,34,35). The number of hydrogen-bond acceptors (Lipinski definition) is 6. The molecule has 0 radical (unpaired) electrons. The predicted octanol–water partition coefficient (Wildman–Crippen LogP) is 4.95. The lowest BCUT2D eigenvalue weighted by Gasteiger charge is -2.22. The zero-order valence-electron chi connectivity index (χ0n) is 20.6. The maximum absolute atomic E-state index is 13.8. The van der Waals surface area contributed by atoms with Gasteiger partial charge in [-0.1, -0.05) is 36.4 Å². The average Bonchev–Trinajstić information content (AvgIpc) is 3.26. The van der Waals surface area contributed by atoms with Crippen LogP contribution < -0.4 is 14.4 Å². The van der Waals surface area contributed by atoms with Crippen LogP contribution in [-0.4, -0.2) is 53.3 Å². The van der Waals surface area contributed by atoms with Crippen LogP contribution in [0.25, 0.3) is 16.9 Å². The molecule has 0 spiro atoms. The average molecular weight is 534 g/mol. The molecule has 4 aromatic rings. The number of carbonyl (C=O) groups is 2. The van der Waals surface area contributed by atoms with Gasteiger partial charge in [0.15, 0.2) is 11.5 Å². The molecule has 1 atom stereocenters. The quantitative estimate of drug-likeness (QED) is 0.359. The van der Waals surface area contributed by atoms with Crippen LogP contribution in [0.4, 0.5) is 10.2 Å². The Hall–Kier alpha value is -4.31. The topological polar surface area (TPSA) is 93.9 Å². The first-order valence-electron chi connectivity index (χ1n) is 11.7. The number of carboxylic acid groups (broad SMARTS) is 1. The monoisotopic (exact) mass is 533 g/mol. The second-order valence-electron chi connectivity index (χ2n) is 8.52. The van der Waals surface area contributed by atoms with Crippen molar-refractivity contribution in [3.63, 3.8) is 0 Å². The third-order valence-corrected chi connectivity index (χ3v) is 7.47. The molecular formula is C28H24FN3O5S. The van der Waals surface area contributed by atoms with E-state index in [2.05, 4.69) is 0 Å². The summed E-state index contributed by atoms with van der Waals surface area (Å²) < 4.78 is 26.3. The molecule has 0 saturated heterocycles. The molecule has 194 valence electrons. The van der Waals surface area contributed by atoms with Gasteiger partial charge >= 0.3 is 5.97 Å². The van der Waals surface area contributed by atoms with Crippen LogP contribution in [0.5, 0.6) is 11.5 Å². The largest absolute Gasteiger partial charge is 0.493 e. The number of halogens is 1. The molecule has 0 fully saturated rings. The summed E-state index contributed by atoms with van der Waals surface area (Å²) in [4.78, 5) is 26.5. The van der Waals surface area contributed by atoms with Crippen molar-refractivity contribution in [1.82, 2.24) is 9.78 Å². The predicted molar refractivity (Wildman–Crippen MR) is 143 cm³/mol. The molecule has 8 nitrogen and oxygen atoms in total. The second-order valence-corrected chi connectivity index (χ2v) is 9.61. The summed E-state index contributed by atoms with van der Waals surface area (Å²) >= 11 is 1.38. The number of carbonyl (C=O) groups excluding carboxylic acids is 1. The van der Waals surface area contributed by atoms with Crippen LogP contribution in [-0.2, 0) is 9.59 Å². The van der Waals surface area contributed by atoms with Gasteiger partial charge in [0.1, 0.15) is 18.2 Å². The highest BCUT2D eigenvalue weighted by molar-refractivity contribution is 8.00. The minimum Gasteiger partial charge on any atom is -0.493 e. The number of rotatable bonds is 7. The number of hydrogen-bond donors (Lipinski definition) is 1. The summed E-state index contributed by atoms with van der Waals surface area (Å²) in [5, 5.41) is 14.2. The molecule has 0 aliphatic carbocycles. The van der Waals surface area contributed by atoms with Gasteiger partial charge in [0, 0.05) is 11.1 Å². The molecule has 1 unspecified atom stereocenters. The number of nitrogens with zero attached hydrogens (tertiary/aromatic N) is 3. The van der Waals surface area contributed by atoms with Crippen molar-refractivity contribution in [3.05, 3.63) is 89.7 Å². The number of aromatic nitrogens is 2. The summed E-state index contributed by atoms with van der Waals surface area (Å²) in [5.74, 6) is -0.503. The van der Waals surface area contributed by atoms with E-state index in [1.807, 2.05) is 42.5 Å². The van der Waals surface area contributed by atoms with Crippen molar-refractivity contribution < 1.29 is 28.6 Å². The number of fused-ring (bicyclic) bond motifs is 1. The maximum atomic E-state index is 13.8. The summed E-state index contributed by atoms with van der Waals surface area (Å²) in [5.41, 5.74) is 3.37. The van der Waals surface area contributed by atoms with E-state index in [0.717, 1.165) is 11.1 Å². The lowest BCUT2D eigenvalue weighted by Crippen LogP contribution is -2.38. The Kier molecular flexibility index (Phi) is 7.06. The van der Waals surface area contributed by atoms with E-state index in [4.69, 9.17) is 14.6 Å². The van der Waals surface area contributed by atoms with Crippen LogP contribution in [0.3, 0.4) is 0 Å². The second kappa shape index (κ2) is 10.6. The van der Waals surface area contributed by atoms with Gasteiger partial charge in [-0.25, -0.2) is 9.07 Å². The molecule has 1 amide bonds. The fraction of sp³-hybridized carbons (Fsp3) is 0.179. The zero-order chi connectivity index (χ0) is 26.8. The van der Waals surface area contributed by atoms with E-state index >= 15 is 0 Å². The van der Waals surface area contributed by atoms with Crippen LogP contribution >= 0.6 is 11.8 Å². The number of ether oxygens (including phenoxy) is 2. The van der Waals surface area contributed by atoms with Gasteiger partial charge in [0.2, 0.25) is 5.91 Å². The van der Waals surface area contributed by atoms with Crippen LogP contribution in [0.1, 0.15) is 16.4 Å². The number of amides is 1. The summed E-state index contributed by atoms with van der Waals surface area (Å²) in [6, 6.07) is 20.7. The Bertz CT molecular complexity index is 1490. The number of aliphatic carboxylic acids is 1. The van der Waals surface area contributed by atoms with Crippen LogP contribution in [0.2, 0.25) is 0 Å². The molecule has 1 aromatic heterocycles. The molecule has 0 saturated carbocycles. The Balaban J connectivity index is 1.83. The third kappa shape index (κ3) is 4.70. The van der Waals surface area contributed by atoms with Crippen LogP contribution in [0.15, 0.2) is 72.8 Å². The summed E-state index contributed by atoms with van der Waals surface area (Å²) in [7, 11) is 3.10. The highest BCUT2D eigenvalue weighted by Gasteiger charge is 2.38. The van der Waals surface area contributed by atoms with Crippen molar-refractivity contribution in [2.75, 3.05) is 31.4 Å². The van der Waals surface area contributed by atoms with Crippen molar-refractivity contribution in [3.8, 4) is 28.4 Å². The number of thioether (sulfide) groups is 1. The Morgan fingerprint density at radius 2 is 1.76 bits per heavy atom. The molecule has 10 heteroatoms. The van der Waals surface area contributed by atoms with E-state index < -0.39 is 23.6 Å². The zero-order valence-corrected chi connectivity index (χ0v) is 21.4. The molecule has 38 heavy (non-hydrogen) atoms. The molecule has 1 N–H and O–H groups in total. The van der Waals surface area contributed by atoms with Gasteiger partial charge in [-0.2, -0.15) is 5.10 Å². The van der Waals surface area contributed by atoms with E-state index in [9.17, 15) is 19.1 Å². The molecule has 3 aromatic carbocycles. The lowest BCUT2D eigenvalue weighted by molar-refractivity contribution is -0.136. The fourth-order valence-electron chi connectivity index (χ4n) is 4.51. The van der Waals surface area contributed by atoms with Gasteiger partial charge in [-0.05, 0) is 42.0 Å². The minimum atomic E-state index is -1.16. The molecular weight excluding hydrogens is 509 g/mol. The summed E-state index contributed by atoms with van der Waals surface area (Å²) in [6.45, 7) is -0.549. The van der Waals surface area contributed by atoms with E-state index in [-0.39, 0.29) is 11.7 Å². The first kappa shape index (κ1) is 25.3. The maximum Gasteiger partial charge on any atom is 0.323 e. The van der Waals surface area contributed by atoms with Crippen molar-refractivity contribution in [2.24, 2.45) is 0 Å². The first-order chi connectivity index (χ1) is 18.4. The number of benzene rings is 3. The van der Waals surface area contributed by atoms with Crippen molar-refractivity contribution in [1.29, 1.82) is 0 Å². The molecule has 2 heterocycles. The lowest BCUT2D eigenvalue weighted by atomic mass is 9.99. The van der Waals surface area contributed by atoms with Crippen molar-refractivity contribution >= 4 is 29.5 Å². The highest BCUT2D eigenvalue weighted by Crippen LogP contribution is 2.49. The minimum absolute atomic E-state index is 0.0403. The van der Waals surface area contributed by atoms with Gasteiger partial charge < -0.3 is 14.6 Å². The SMILES string of the molecule is COc1ccc(C2SCC(=O)N(CC(=O)O)c3c2c(-c2ccccc2)nn3-c2ccc(F)cc2)cc1OC. The smallest absolute Gasteiger partial charge is 0.323 e. The Morgan fingerprint density at radius 1 is 1.05 bits per heavy atom. The highest BCUT2D eigenvalue weighted by atomic mass is 32.2. The molecule has 0 bridgehead atoms. The number of carboxylic acids is 1. The van der Waals surface area contributed by atoms with E-state index in [1.165, 1.54) is 33.5 Å². The molecule has 1 aliphatic rings. The van der Waals surface area contributed by atoms with E-state index in [1.54, 1.807) is 32.4 Å². The Morgan fingerprint density at radius 3 is 2.42 bits per heavy atom. The van der Waals surface area contributed by atoms with Gasteiger partial charge in [-0.15, -0.1) is 11.8 Å². The fourth-order valence-corrected chi connectivity index (χ4v) is 5.69. The molecule has 1 aliphatic heterocycles. The van der Waals surface area contributed by atoms with Gasteiger partial charge in [0.25, 0.3) is 0 Å². The Labute approximate surface area is 222 Å². The number of anilines is 1. The van der Waals surface area contributed by atoms with Gasteiger partial charge in [0.05, 0.1) is 36.6 Å². The third-order valence-electron chi connectivity index (χ3n) is 6.21. The van der Waals surface area contributed by atoms with Crippen LogP contribution in [0, 0.1) is 5.82 Å². The van der Waals surface area contributed by atoms with Crippen molar-refractivity contribution in [2.45, 2.75) is 5.25 Å². The van der Waals surface area contributed by atoms with Gasteiger partial charge in [-0.3, -0.25) is 14.5 Å².